The van der Waals surface area contributed by atoms with Crippen LogP contribution in [-0.2, 0) is 6.54 Å². The van der Waals surface area contributed by atoms with Gasteiger partial charge >= 0.3 is 0 Å². The van der Waals surface area contributed by atoms with E-state index in [1.807, 2.05) is 6.07 Å². The first-order valence-electron chi connectivity index (χ1n) is 11.3. The maximum Gasteiger partial charge on any atom is 0.191 e. The zero-order valence-corrected chi connectivity index (χ0v) is 18.1. The zero-order valence-electron chi connectivity index (χ0n) is 18.1. The lowest BCUT2D eigenvalue weighted by Gasteiger charge is -2.36. The maximum atomic E-state index is 9.95. The summed E-state index contributed by atoms with van der Waals surface area (Å²) in [5.41, 5.74) is 0.961. The van der Waals surface area contributed by atoms with Gasteiger partial charge in [0.15, 0.2) is 17.5 Å². The lowest BCUT2D eigenvalue weighted by molar-refractivity contribution is 0.160. The number of phenols is 1. The van der Waals surface area contributed by atoms with Gasteiger partial charge in [-0.25, -0.2) is 4.99 Å². The van der Waals surface area contributed by atoms with E-state index in [4.69, 9.17) is 9.73 Å². The fraction of sp³-hybridized carbons (Fsp3) is 0.696. The summed E-state index contributed by atoms with van der Waals surface area (Å²) < 4.78 is 5.11. The Labute approximate surface area is 175 Å². The molecule has 3 rings (SSSR count). The number of nitrogens with one attached hydrogen (secondary N) is 2. The standard InChI is InChI=1S/C23H38N4O2/c1-3-24-23(25-16-19-9-10-22(29-2)21(28)15-19)26-20-11-13-27(14-12-20)17-18-7-5-4-6-8-18/h9-10,15,18,20,28H,3-8,11-14,16-17H2,1-2H3,(H2,24,25,26). The van der Waals surface area contributed by atoms with Crippen LogP contribution in [0, 0.1) is 5.92 Å². The molecular formula is C23H38N4O2. The molecule has 0 bridgehead atoms. The van der Waals surface area contributed by atoms with Crippen LogP contribution >= 0.6 is 0 Å². The van der Waals surface area contributed by atoms with E-state index in [1.54, 1.807) is 19.2 Å². The summed E-state index contributed by atoms with van der Waals surface area (Å²) in [6.07, 6.45) is 9.48. The van der Waals surface area contributed by atoms with Crippen LogP contribution in [0.15, 0.2) is 23.2 Å². The van der Waals surface area contributed by atoms with Gasteiger partial charge in [-0.3, -0.25) is 0 Å². The summed E-state index contributed by atoms with van der Waals surface area (Å²) in [7, 11) is 1.56. The average molecular weight is 403 g/mol. The Bertz CT molecular complexity index is 650. The van der Waals surface area contributed by atoms with E-state index >= 15 is 0 Å². The Morgan fingerprint density at radius 1 is 1.17 bits per heavy atom. The number of hydrogen-bond donors (Lipinski definition) is 3. The monoisotopic (exact) mass is 402 g/mol. The van der Waals surface area contributed by atoms with E-state index in [1.165, 1.54) is 64.6 Å². The molecule has 0 unspecified atom stereocenters. The van der Waals surface area contributed by atoms with E-state index in [0.29, 0.717) is 18.3 Å². The van der Waals surface area contributed by atoms with Crippen molar-refractivity contribution in [2.24, 2.45) is 10.9 Å². The van der Waals surface area contributed by atoms with Gasteiger partial charge in [0.25, 0.3) is 0 Å². The van der Waals surface area contributed by atoms with Crippen LogP contribution in [0.4, 0.5) is 0 Å². The molecule has 29 heavy (non-hydrogen) atoms. The molecule has 162 valence electrons. The van der Waals surface area contributed by atoms with Gasteiger partial charge in [-0.05, 0) is 56.2 Å². The first kappa shape index (κ1) is 21.8. The van der Waals surface area contributed by atoms with Gasteiger partial charge in [0, 0.05) is 32.2 Å². The Morgan fingerprint density at radius 2 is 1.93 bits per heavy atom. The number of likely N-dealkylation sites (tertiary alicyclic amines) is 1. The highest BCUT2D eigenvalue weighted by molar-refractivity contribution is 5.80. The van der Waals surface area contributed by atoms with Gasteiger partial charge in [0.2, 0.25) is 0 Å². The van der Waals surface area contributed by atoms with Crippen molar-refractivity contribution < 1.29 is 9.84 Å². The highest BCUT2D eigenvalue weighted by Crippen LogP contribution is 2.27. The van der Waals surface area contributed by atoms with Crippen LogP contribution in [0.25, 0.3) is 0 Å². The van der Waals surface area contributed by atoms with Gasteiger partial charge in [0.05, 0.1) is 13.7 Å². The molecule has 0 radical (unpaired) electrons. The highest BCUT2D eigenvalue weighted by atomic mass is 16.5. The third kappa shape index (κ3) is 6.81. The summed E-state index contributed by atoms with van der Waals surface area (Å²) in [4.78, 5) is 7.38. The molecular weight excluding hydrogens is 364 g/mol. The Kier molecular flexibility index (Phi) is 8.47. The molecule has 1 saturated carbocycles. The second-order valence-corrected chi connectivity index (χ2v) is 8.42. The topological polar surface area (TPSA) is 69.1 Å². The number of phenolic OH excluding ortho intramolecular Hbond substituents is 1. The van der Waals surface area contributed by atoms with Crippen molar-refractivity contribution in [2.75, 3.05) is 33.3 Å². The van der Waals surface area contributed by atoms with E-state index in [2.05, 4.69) is 22.5 Å². The van der Waals surface area contributed by atoms with Gasteiger partial charge < -0.3 is 25.4 Å². The number of rotatable bonds is 7. The SMILES string of the molecule is CCNC(=NCc1ccc(OC)c(O)c1)NC1CCN(CC2CCCCC2)CC1. The molecule has 3 N–H and O–H groups in total. The molecule has 2 fully saturated rings. The summed E-state index contributed by atoms with van der Waals surface area (Å²) in [5, 5.41) is 16.9. The van der Waals surface area contributed by atoms with E-state index in [9.17, 15) is 5.11 Å². The third-order valence-electron chi connectivity index (χ3n) is 6.18. The maximum absolute atomic E-state index is 9.95. The number of aliphatic imine (C=N–C) groups is 1. The minimum absolute atomic E-state index is 0.156. The molecule has 1 aromatic carbocycles. The van der Waals surface area contributed by atoms with E-state index < -0.39 is 0 Å². The van der Waals surface area contributed by atoms with Crippen molar-refractivity contribution in [1.82, 2.24) is 15.5 Å². The number of methoxy groups -OCH3 is 1. The summed E-state index contributed by atoms with van der Waals surface area (Å²) in [6, 6.07) is 5.91. The molecule has 2 aliphatic rings. The number of piperidine rings is 1. The summed E-state index contributed by atoms with van der Waals surface area (Å²) >= 11 is 0. The normalized spacial score (nSPS) is 19.9. The molecule has 1 saturated heterocycles. The predicted molar refractivity (Wildman–Crippen MR) is 119 cm³/mol. The quantitative estimate of drug-likeness (QED) is 0.481. The molecule has 6 nitrogen and oxygen atoms in total. The number of ether oxygens (including phenoxy) is 1. The highest BCUT2D eigenvalue weighted by Gasteiger charge is 2.23. The Morgan fingerprint density at radius 3 is 2.59 bits per heavy atom. The van der Waals surface area contributed by atoms with Crippen LogP contribution in [0.2, 0.25) is 0 Å². The Balaban J connectivity index is 1.47. The lowest BCUT2D eigenvalue weighted by atomic mass is 9.88. The van der Waals surface area contributed by atoms with Gasteiger partial charge in [0.1, 0.15) is 0 Å². The smallest absolute Gasteiger partial charge is 0.191 e. The minimum Gasteiger partial charge on any atom is -0.504 e. The molecule has 0 aromatic heterocycles. The minimum atomic E-state index is 0.156. The van der Waals surface area contributed by atoms with Crippen LogP contribution < -0.4 is 15.4 Å². The first-order valence-corrected chi connectivity index (χ1v) is 11.3. The van der Waals surface area contributed by atoms with E-state index in [0.717, 1.165) is 24.0 Å². The second kappa shape index (κ2) is 11.3. The van der Waals surface area contributed by atoms with Crippen molar-refractivity contribution in [3.8, 4) is 11.5 Å². The molecule has 1 aliphatic heterocycles. The predicted octanol–water partition coefficient (Wildman–Crippen LogP) is 3.50. The van der Waals surface area contributed by atoms with Gasteiger partial charge in [-0.15, -0.1) is 0 Å². The zero-order chi connectivity index (χ0) is 20.5. The van der Waals surface area contributed by atoms with Crippen LogP contribution in [0.1, 0.15) is 57.4 Å². The number of aromatic hydroxyl groups is 1. The van der Waals surface area contributed by atoms with Crippen molar-refractivity contribution in [1.29, 1.82) is 0 Å². The molecule has 6 heteroatoms. The summed E-state index contributed by atoms with van der Waals surface area (Å²) in [6.45, 7) is 7.10. The molecule has 0 amide bonds. The third-order valence-corrected chi connectivity index (χ3v) is 6.18. The largest absolute Gasteiger partial charge is 0.504 e. The lowest BCUT2D eigenvalue weighted by Crippen LogP contribution is -2.49. The summed E-state index contributed by atoms with van der Waals surface area (Å²) in [5.74, 6) is 2.42. The molecule has 0 atom stereocenters. The number of benzene rings is 1. The fourth-order valence-corrected chi connectivity index (χ4v) is 4.51. The van der Waals surface area contributed by atoms with Gasteiger partial charge in [-0.2, -0.15) is 0 Å². The molecule has 1 heterocycles. The molecule has 0 spiro atoms. The van der Waals surface area contributed by atoms with Crippen LogP contribution in [0.3, 0.4) is 0 Å². The number of hydrogen-bond acceptors (Lipinski definition) is 4. The number of nitrogens with zero attached hydrogens (tertiary/aromatic N) is 2. The van der Waals surface area contributed by atoms with Crippen molar-refractivity contribution in [3.05, 3.63) is 23.8 Å². The van der Waals surface area contributed by atoms with E-state index in [-0.39, 0.29) is 5.75 Å². The Hall–Kier alpha value is -1.95. The number of guanidine groups is 1. The van der Waals surface area contributed by atoms with Crippen LogP contribution in [-0.4, -0.2) is 55.3 Å². The van der Waals surface area contributed by atoms with Crippen molar-refractivity contribution >= 4 is 5.96 Å². The molecule has 1 aromatic rings. The fourth-order valence-electron chi connectivity index (χ4n) is 4.51. The van der Waals surface area contributed by atoms with Gasteiger partial charge in [-0.1, -0.05) is 25.3 Å². The van der Waals surface area contributed by atoms with Crippen molar-refractivity contribution in [2.45, 2.75) is 64.5 Å². The average Bonchev–Trinajstić information content (AvgIpc) is 2.74. The molecule has 1 aliphatic carbocycles. The second-order valence-electron chi connectivity index (χ2n) is 8.42. The van der Waals surface area contributed by atoms with Crippen molar-refractivity contribution in [3.63, 3.8) is 0 Å². The van der Waals surface area contributed by atoms with Crippen LogP contribution in [0.5, 0.6) is 11.5 Å². The first-order chi connectivity index (χ1) is 14.2.